The number of fused-ring (bicyclic) bond motifs is 2. The molecule has 33 heavy (non-hydrogen) atoms. The second-order valence-electron chi connectivity index (χ2n) is 8.29. The van der Waals surface area contributed by atoms with E-state index in [1.54, 1.807) is 27.7 Å². The molecule has 1 amide bonds. The molecule has 0 fully saturated rings. The van der Waals surface area contributed by atoms with E-state index in [2.05, 4.69) is 13.8 Å². The molecule has 3 aromatic carbocycles. The molecule has 1 aromatic heterocycles. The zero-order chi connectivity index (χ0) is 23.5. The number of benzene rings is 3. The highest BCUT2D eigenvalue weighted by Gasteiger charge is 2.19. The van der Waals surface area contributed by atoms with Crippen molar-refractivity contribution in [2.24, 2.45) is 5.92 Å². The van der Waals surface area contributed by atoms with Crippen LogP contribution in [0, 0.1) is 5.92 Å². The van der Waals surface area contributed by atoms with E-state index >= 15 is 0 Å². The van der Waals surface area contributed by atoms with Gasteiger partial charge in [-0.15, -0.1) is 0 Å². The highest BCUT2D eigenvalue weighted by molar-refractivity contribution is 7.99. The van der Waals surface area contributed by atoms with Gasteiger partial charge >= 0.3 is 0 Å². The molecule has 0 aliphatic heterocycles. The van der Waals surface area contributed by atoms with Crippen molar-refractivity contribution in [2.75, 3.05) is 17.2 Å². The van der Waals surface area contributed by atoms with Gasteiger partial charge in [0.1, 0.15) is 0 Å². The Morgan fingerprint density at radius 1 is 1.09 bits per heavy atom. The predicted octanol–water partition coefficient (Wildman–Crippen LogP) is 6.00. The Bertz CT molecular complexity index is 1380. The minimum atomic E-state index is -0.110. The molecule has 1 heterocycles. The molecule has 0 bridgehead atoms. The van der Waals surface area contributed by atoms with Gasteiger partial charge in [-0.3, -0.25) is 14.2 Å². The summed E-state index contributed by atoms with van der Waals surface area (Å²) in [6.45, 7) is 7.15. The van der Waals surface area contributed by atoms with Gasteiger partial charge in [-0.1, -0.05) is 73.6 Å². The summed E-state index contributed by atoms with van der Waals surface area (Å²) in [6, 6.07) is 19.1. The van der Waals surface area contributed by atoms with Gasteiger partial charge in [0.2, 0.25) is 5.91 Å². The molecule has 0 N–H and O–H groups in total. The lowest BCUT2D eigenvalue weighted by molar-refractivity contribution is -0.116. The largest absolute Gasteiger partial charge is 0.311 e. The zero-order valence-corrected chi connectivity index (χ0v) is 20.5. The second kappa shape index (κ2) is 9.98. The quantitative estimate of drug-likeness (QED) is 0.241. The Balaban J connectivity index is 1.66. The third-order valence-corrected chi connectivity index (χ3v) is 6.63. The molecule has 0 aliphatic rings. The zero-order valence-electron chi connectivity index (χ0n) is 18.9. The first-order chi connectivity index (χ1) is 15.9. The highest BCUT2D eigenvalue weighted by atomic mass is 35.5. The molecule has 170 valence electrons. The predicted molar refractivity (Wildman–Crippen MR) is 139 cm³/mol. The Labute approximate surface area is 202 Å². The van der Waals surface area contributed by atoms with Gasteiger partial charge < -0.3 is 4.90 Å². The molecule has 5 nitrogen and oxygen atoms in total. The topological polar surface area (TPSA) is 55.2 Å². The maximum atomic E-state index is 13.3. The van der Waals surface area contributed by atoms with Crippen LogP contribution >= 0.6 is 23.4 Å². The molecule has 4 rings (SSSR count). The first kappa shape index (κ1) is 23.3. The first-order valence-corrected chi connectivity index (χ1v) is 12.4. The van der Waals surface area contributed by atoms with Crippen molar-refractivity contribution in [3.63, 3.8) is 0 Å². The lowest BCUT2D eigenvalue weighted by atomic mass is 10.1. The molecular weight excluding hydrogens is 454 g/mol. The van der Waals surface area contributed by atoms with Gasteiger partial charge in [0.05, 0.1) is 22.3 Å². The summed E-state index contributed by atoms with van der Waals surface area (Å²) in [4.78, 5) is 33.0. The summed E-state index contributed by atoms with van der Waals surface area (Å²) in [5.74, 6) is 0.399. The Morgan fingerprint density at radius 2 is 1.85 bits per heavy atom. The van der Waals surface area contributed by atoms with Crippen LogP contribution < -0.4 is 10.5 Å². The SMILES string of the molecule is CCN(C(=O)CSc1nc2cc(Cl)ccc2c(=O)n1CC(C)C)c1cccc2ccccc12. The average molecular weight is 480 g/mol. The van der Waals surface area contributed by atoms with Gasteiger partial charge in [0.15, 0.2) is 5.16 Å². The lowest BCUT2D eigenvalue weighted by Gasteiger charge is -2.23. The van der Waals surface area contributed by atoms with E-state index in [1.165, 1.54) is 11.8 Å². The molecule has 0 saturated carbocycles. The van der Waals surface area contributed by atoms with Crippen molar-refractivity contribution < 1.29 is 4.79 Å². The van der Waals surface area contributed by atoms with E-state index in [4.69, 9.17) is 16.6 Å². The van der Waals surface area contributed by atoms with Crippen LogP contribution in [0.3, 0.4) is 0 Å². The summed E-state index contributed by atoms with van der Waals surface area (Å²) in [7, 11) is 0. The van der Waals surface area contributed by atoms with Crippen molar-refractivity contribution in [1.29, 1.82) is 0 Å². The third kappa shape index (κ3) is 4.92. The molecule has 0 radical (unpaired) electrons. The number of hydrogen-bond acceptors (Lipinski definition) is 4. The fourth-order valence-electron chi connectivity index (χ4n) is 3.94. The van der Waals surface area contributed by atoms with Crippen LogP contribution in [0.15, 0.2) is 70.6 Å². The van der Waals surface area contributed by atoms with Gasteiger partial charge in [-0.05, 0) is 42.5 Å². The molecule has 0 unspecified atom stereocenters. The number of rotatable bonds is 7. The van der Waals surface area contributed by atoms with Gasteiger partial charge in [-0.2, -0.15) is 0 Å². The van der Waals surface area contributed by atoms with Gasteiger partial charge in [-0.25, -0.2) is 4.98 Å². The fraction of sp³-hybridized carbons (Fsp3) is 0.269. The Morgan fingerprint density at radius 3 is 2.61 bits per heavy atom. The van der Waals surface area contributed by atoms with Crippen molar-refractivity contribution >= 4 is 56.6 Å². The van der Waals surface area contributed by atoms with Crippen molar-refractivity contribution in [3.8, 4) is 0 Å². The minimum Gasteiger partial charge on any atom is -0.311 e. The molecule has 7 heteroatoms. The number of amides is 1. The van der Waals surface area contributed by atoms with E-state index in [0.717, 1.165) is 16.5 Å². The number of nitrogens with zero attached hydrogens (tertiary/aromatic N) is 3. The van der Waals surface area contributed by atoms with E-state index in [1.807, 2.05) is 49.4 Å². The van der Waals surface area contributed by atoms with Crippen LogP contribution in [-0.2, 0) is 11.3 Å². The summed E-state index contributed by atoms with van der Waals surface area (Å²) < 4.78 is 1.67. The van der Waals surface area contributed by atoms with Crippen molar-refractivity contribution in [1.82, 2.24) is 9.55 Å². The summed E-state index contributed by atoms with van der Waals surface area (Å²) in [5, 5.41) is 3.71. The van der Waals surface area contributed by atoms with Gasteiger partial charge in [0.25, 0.3) is 5.56 Å². The number of thioether (sulfide) groups is 1. The third-order valence-electron chi connectivity index (χ3n) is 5.43. The minimum absolute atomic E-state index is 0.0320. The van der Waals surface area contributed by atoms with Crippen molar-refractivity contribution in [2.45, 2.75) is 32.5 Å². The van der Waals surface area contributed by atoms with Crippen LogP contribution in [0.4, 0.5) is 5.69 Å². The smallest absolute Gasteiger partial charge is 0.262 e. The number of aromatic nitrogens is 2. The van der Waals surface area contributed by atoms with E-state index in [9.17, 15) is 9.59 Å². The van der Waals surface area contributed by atoms with Crippen molar-refractivity contribution in [3.05, 3.63) is 76.0 Å². The number of carbonyl (C=O) groups is 1. The molecule has 0 spiro atoms. The Kier molecular flexibility index (Phi) is 7.05. The van der Waals surface area contributed by atoms with Crippen LogP contribution in [0.2, 0.25) is 5.02 Å². The summed E-state index contributed by atoms with van der Waals surface area (Å²) in [6.07, 6.45) is 0. The van der Waals surface area contributed by atoms with E-state index < -0.39 is 0 Å². The summed E-state index contributed by atoms with van der Waals surface area (Å²) in [5.41, 5.74) is 1.32. The van der Waals surface area contributed by atoms with E-state index in [-0.39, 0.29) is 23.1 Å². The van der Waals surface area contributed by atoms with Crippen LogP contribution in [-0.4, -0.2) is 27.8 Å². The normalized spacial score (nSPS) is 11.4. The van der Waals surface area contributed by atoms with Gasteiger partial charge in [0, 0.05) is 23.5 Å². The number of carbonyl (C=O) groups excluding carboxylic acids is 1. The van der Waals surface area contributed by atoms with Crippen LogP contribution in [0.25, 0.3) is 21.7 Å². The lowest BCUT2D eigenvalue weighted by Crippen LogP contribution is -2.33. The Hall–Kier alpha value is -2.83. The maximum absolute atomic E-state index is 13.3. The molecule has 0 aliphatic carbocycles. The monoisotopic (exact) mass is 479 g/mol. The van der Waals surface area contributed by atoms with Crippen LogP contribution in [0.1, 0.15) is 20.8 Å². The number of anilines is 1. The van der Waals surface area contributed by atoms with E-state index in [0.29, 0.717) is 34.2 Å². The summed E-state index contributed by atoms with van der Waals surface area (Å²) >= 11 is 7.43. The van der Waals surface area contributed by atoms with Crippen LogP contribution in [0.5, 0.6) is 0 Å². The highest BCUT2D eigenvalue weighted by Crippen LogP contribution is 2.28. The molecule has 0 saturated heterocycles. The maximum Gasteiger partial charge on any atom is 0.262 e. The first-order valence-electron chi connectivity index (χ1n) is 11.0. The molecule has 4 aromatic rings. The average Bonchev–Trinajstić information content (AvgIpc) is 2.80. The molecule has 0 atom stereocenters. The number of halogens is 1. The standard InChI is InChI=1S/C26H26ClN3O2S/c1-4-29(23-11-7-9-18-8-5-6-10-20(18)23)24(31)16-33-26-28-22-14-19(27)12-13-21(22)25(32)30(26)15-17(2)3/h5-14,17H,4,15-16H2,1-3H3. The number of hydrogen-bond donors (Lipinski definition) is 0. The fourth-order valence-corrected chi connectivity index (χ4v) is 4.99. The molecular formula is C26H26ClN3O2S. The second-order valence-corrected chi connectivity index (χ2v) is 9.67.